The van der Waals surface area contributed by atoms with Crippen LogP contribution in [-0.2, 0) is 6.42 Å². The number of pyridine rings is 1. The third-order valence-electron chi connectivity index (χ3n) is 2.78. The number of rotatable bonds is 5. The largest absolute Gasteiger partial charge is 0.317 e. The summed E-state index contributed by atoms with van der Waals surface area (Å²) in [4.78, 5) is 4.04. The van der Waals surface area contributed by atoms with Gasteiger partial charge in [0.2, 0.25) is 0 Å². The molecule has 0 aliphatic heterocycles. The molecule has 0 fully saturated rings. The molecule has 1 unspecified atom stereocenters. The van der Waals surface area contributed by atoms with Crippen LogP contribution in [0, 0.1) is 5.41 Å². The Kier molecular flexibility index (Phi) is 4.28. The highest BCUT2D eigenvalue weighted by Gasteiger charge is 2.20. The van der Waals surface area contributed by atoms with Gasteiger partial charge in [-0.3, -0.25) is 4.98 Å². The molecule has 1 atom stereocenters. The van der Waals surface area contributed by atoms with Gasteiger partial charge in [-0.05, 0) is 49.9 Å². The molecule has 0 radical (unpaired) electrons. The number of aromatic nitrogens is 1. The molecule has 0 amide bonds. The first-order valence-electron chi connectivity index (χ1n) is 5.60. The lowest BCUT2D eigenvalue weighted by Gasteiger charge is -2.28. The van der Waals surface area contributed by atoms with Crippen LogP contribution in [-0.4, -0.2) is 18.1 Å². The lowest BCUT2D eigenvalue weighted by molar-refractivity contribution is 0.293. The van der Waals surface area contributed by atoms with Gasteiger partial charge in [0.1, 0.15) is 0 Å². The minimum atomic E-state index is 0.337. The van der Waals surface area contributed by atoms with Crippen LogP contribution in [0.3, 0.4) is 0 Å². The lowest BCUT2D eigenvalue weighted by atomic mass is 9.80. The summed E-state index contributed by atoms with van der Waals surface area (Å²) in [5.41, 5.74) is 1.71. The maximum absolute atomic E-state index is 4.04. The van der Waals surface area contributed by atoms with Crippen molar-refractivity contribution in [1.29, 1.82) is 0 Å². The molecule has 1 heterocycles. The maximum Gasteiger partial charge on any atom is 0.0270 e. The Bertz CT molecular complexity index is 280. The minimum absolute atomic E-state index is 0.337. The van der Waals surface area contributed by atoms with E-state index in [0.29, 0.717) is 11.5 Å². The summed E-state index contributed by atoms with van der Waals surface area (Å²) in [6, 6.07) is 4.78. The fourth-order valence-corrected chi connectivity index (χ4v) is 2.06. The summed E-state index contributed by atoms with van der Waals surface area (Å²) in [5, 5.41) is 3.29. The van der Waals surface area contributed by atoms with Gasteiger partial charge in [0, 0.05) is 18.4 Å². The number of hydrogen-bond donors (Lipinski definition) is 1. The predicted molar refractivity (Wildman–Crippen MR) is 64.9 cm³/mol. The highest BCUT2D eigenvalue weighted by Crippen LogP contribution is 2.27. The summed E-state index contributed by atoms with van der Waals surface area (Å²) >= 11 is 0. The van der Waals surface area contributed by atoms with Crippen LogP contribution in [0.1, 0.15) is 32.8 Å². The molecule has 1 N–H and O–H groups in total. The van der Waals surface area contributed by atoms with Crippen molar-refractivity contribution >= 4 is 0 Å². The van der Waals surface area contributed by atoms with Crippen molar-refractivity contribution in [1.82, 2.24) is 10.3 Å². The van der Waals surface area contributed by atoms with E-state index in [2.05, 4.69) is 43.2 Å². The summed E-state index contributed by atoms with van der Waals surface area (Å²) in [7, 11) is 2.02. The van der Waals surface area contributed by atoms with Crippen LogP contribution < -0.4 is 5.32 Å². The first-order chi connectivity index (χ1) is 7.03. The van der Waals surface area contributed by atoms with Gasteiger partial charge >= 0.3 is 0 Å². The van der Waals surface area contributed by atoms with Crippen molar-refractivity contribution in [3.05, 3.63) is 30.1 Å². The monoisotopic (exact) mass is 206 g/mol. The van der Waals surface area contributed by atoms with Crippen LogP contribution in [0.4, 0.5) is 0 Å². The molecule has 0 saturated heterocycles. The Balaban J connectivity index is 2.56. The molecule has 1 aromatic heterocycles. The first-order valence-corrected chi connectivity index (χ1v) is 5.60. The van der Waals surface area contributed by atoms with Crippen LogP contribution >= 0.6 is 0 Å². The second kappa shape index (κ2) is 5.26. The Hall–Kier alpha value is -0.890. The van der Waals surface area contributed by atoms with Crippen molar-refractivity contribution < 1.29 is 0 Å². The molecule has 0 bridgehead atoms. The third kappa shape index (κ3) is 4.43. The van der Waals surface area contributed by atoms with Crippen molar-refractivity contribution in [2.75, 3.05) is 7.05 Å². The van der Waals surface area contributed by atoms with Crippen molar-refractivity contribution in [2.24, 2.45) is 5.41 Å². The van der Waals surface area contributed by atoms with Crippen LogP contribution in [0.2, 0.25) is 0 Å². The Morgan fingerprint density at radius 1 is 1.33 bits per heavy atom. The predicted octanol–water partition coefficient (Wildman–Crippen LogP) is 2.65. The molecule has 1 aromatic rings. The third-order valence-corrected chi connectivity index (χ3v) is 2.78. The van der Waals surface area contributed by atoms with Gasteiger partial charge < -0.3 is 5.32 Å². The highest BCUT2D eigenvalue weighted by molar-refractivity contribution is 5.11. The molecule has 0 saturated carbocycles. The number of hydrogen-bond acceptors (Lipinski definition) is 2. The summed E-state index contributed by atoms with van der Waals surface area (Å²) in [6.45, 7) is 6.87. The van der Waals surface area contributed by atoms with Gasteiger partial charge in [-0.15, -0.1) is 0 Å². The zero-order chi connectivity index (χ0) is 11.3. The minimum Gasteiger partial charge on any atom is -0.317 e. The van der Waals surface area contributed by atoms with Gasteiger partial charge in [-0.1, -0.05) is 13.8 Å². The SMILES string of the molecule is CNC(C)CC(C)(C)Cc1ccncc1. The lowest BCUT2D eigenvalue weighted by Crippen LogP contribution is -2.29. The zero-order valence-electron chi connectivity index (χ0n) is 10.2. The van der Waals surface area contributed by atoms with E-state index in [4.69, 9.17) is 0 Å². The van der Waals surface area contributed by atoms with Gasteiger partial charge in [0.25, 0.3) is 0 Å². The Labute approximate surface area is 93.1 Å². The molecular weight excluding hydrogens is 184 g/mol. The molecule has 0 spiro atoms. The molecule has 0 aliphatic rings. The molecule has 2 nitrogen and oxygen atoms in total. The van der Waals surface area contributed by atoms with Gasteiger partial charge in [-0.25, -0.2) is 0 Å². The van der Waals surface area contributed by atoms with E-state index in [1.165, 1.54) is 12.0 Å². The zero-order valence-corrected chi connectivity index (χ0v) is 10.2. The summed E-state index contributed by atoms with van der Waals surface area (Å²) in [5.74, 6) is 0. The van der Waals surface area contributed by atoms with Crippen LogP contribution in [0.15, 0.2) is 24.5 Å². The fraction of sp³-hybridized carbons (Fsp3) is 0.615. The topological polar surface area (TPSA) is 24.9 Å². The van der Waals surface area contributed by atoms with E-state index in [1.54, 1.807) is 0 Å². The van der Waals surface area contributed by atoms with E-state index < -0.39 is 0 Å². The second-order valence-electron chi connectivity index (χ2n) is 5.09. The van der Waals surface area contributed by atoms with Gasteiger partial charge in [0.15, 0.2) is 0 Å². The van der Waals surface area contributed by atoms with Crippen LogP contribution in [0.5, 0.6) is 0 Å². The highest BCUT2D eigenvalue weighted by atomic mass is 14.9. The van der Waals surface area contributed by atoms with E-state index in [9.17, 15) is 0 Å². The first kappa shape index (κ1) is 12.2. The summed E-state index contributed by atoms with van der Waals surface area (Å²) < 4.78 is 0. The summed E-state index contributed by atoms with van der Waals surface area (Å²) in [6.07, 6.45) is 6.03. The average Bonchev–Trinajstić information content (AvgIpc) is 2.17. The molecule has 0 aromatic carbocycles. The van der Waals surface area contributed by atoms with E-state index >= 15 is 0 Å². The fourth-order valence-electron chi connectivity index (χ4n) is 2.06. The van der Waals surface area contributed by atoms with E-state index in [-0.39, 0.29) is 0 Å². The van der Waals surface area contributed by atoms with Crippen molar-refractivity contribution in [2.45, 2.75) is 39.7 Å². The molecule has 84 valence electrons. The molecule has 1 rings (SSSR count). The standard InChI is InChI=1S/C13H22N2/c1-11(14-4)9-13(2,3)10-12-5-7-15-8-6-12/h5-8,11,14H,9-10H2,1-4H3. The average molecular weight is 206 g/mol. The Morgan fingerprint density at radius 3 is 2.47 bits per heavy atom. The smallest absolute Gasteiger partial charge is 0.0270 e. The molecule has 0 aliphatic carbocycles. The quantitative estimate of drug-likeness (QED) is 0.801. The number of nitrogens with one attached hydrogen (secondary N) is 1. The van der Waals surface area contributed by atoms with Gasteiger partial charge in [-0.2, -0.15) is 0 Å². The second-order valence-corrected chi connectivity index (χ2v) is 5.09. The van der Waals surface area contributed by atoms with Crippen molar-refractivity contribution in [3.63, 3.8) is 0 Å². The van der Waals surface area contributed by atoms with Crippen molar-refractivity contribution in [3.8, 4) is 0 Å². The Morgan fingerprint density at radius 2 is 1.93 bits per heavy atom. The molecular formula is C13H22N2. The molecule has 15 heavy (non-hydrogen) atoms. The normalized spacial score (nSPS) is 13.9. The van der Waals surface area contributed by atoms with Crippen LogP contribution in [0.25, 0.3) is 0 Å². The number of nitrogens with zero attached hydrogens (tertiary/aromatic N) is 1. The van der Waals surface area contributed by atoms with E-state index in [0.717, 1.165) is 6.42 Å². The van der Waals surface area contributed by atoms with E-state index in [1.807, 2.05) is 19.4 Å². The van der Waals surface area contributed by atoms with Gasteiger partial charge in [0.05, 0.1) is 0 Å². The molecule has 2 heteroatoms. The maximum atomic E-state index is 4.04.